The van der Waals surface area contributed by atoms with Gasteiger partial charge in [0.05, 0.1) is 12.0 Å². The van der Waals surface area contributed by atoms with Gasteiger partial charge in [0.15, 0.2) is 5.78 Å². The molecule has 1 unspecified atom stereocenters. The molecule has 0 amide bonds. The van der Waals surface area contributed by atoms with Gasteiger partial charge in [0, 0.05) is 17.7 Å². The fourth-order valence-electron chi connectivity index (χ4n) is 2.59. The summed E-state index contributed by atoms with van der Waals surface area (Å²) in [6.45, 7) is 1.40. The Labute approximate surface area is 142 Å². The van der Waals surface area contributed by atoms with Gasteiger partial charge in [-0.05, 0) is 17.7 Å². The maximum atomic E-state index is 11.6. The van der Waals surface area contributed by atoms with Gasteiger partial charge < -0.3 is 30.2 Å². The van der Waals surface area contributed by atoms with E-state index < -0.39 is 48.7 Å². The van der Waals surface area contributed by atoms with Crippen LogP contribution in [0.5, 0.6) is 5.75 Å². The molecule has 136 valence electrons. The Morgan fingerprint density at radius 2 is 1.72 bits per heavy atom. The Morgan fingerprint density at radius 3 is 2.24 bits per heavy atom. The number of benzene rings is 1. The third-order valence-corrected chi connectivity index (χ3v) is 4.41. The molecule has 1 aliphatic carbocycles. The number of hydrogen-bond acceptors (Lipinski definition) is 6. The normalized spacial score (nSPS) is 17.3. The number of carbonyl (C=O) groups excluding carboxylic acids is 1. The monoisotopic (exact) mass is 371 g/mol. The number of aliphatic hydroxyl groups is 3. The molecule has 0 radical (unpaired) electrons. The Bertz CT molecular complexity index is 790. The number of phenolic OH excluding ortho intramolecular Hbond substituents is 1. The molecule has 7 N–H and O–H groups in total. The molecular formula is C15H18NO8P. The summed E-state index contributed by atoms with van der Waals surface area (Å²) in [7, 11) is -4.86. The van der Waals surface area contributed by atoms with Gasteiger partial charge in [0.1, 0.15) is 11.5 Å². The topological polar surface area (TPSA) is 168 Å². The summed E-state index contributed by atoms with van der Waals surface area (Å²) in [5.41, 5.74) is -0.708. The number of hydrogen-bond donors (Lipinski definition) is 7. The lowest BCUT2D eigenvalue weighted by Gasteiger charge is -2.34. The zero-order chi connectivity index (χ0) is 19.0. The highest BCUT2D eigenvalue weighted by Crippen LogP contribution is 2.41. The van der Waals surface area contributed by atoms with Gasteiger partial charge in [0.2, 0.25) is 5.79 Å². The Balaban J connectivity index is 2.53. The van der Waals surface area contributed by atoms with Gasteiger partial charge >= 0.3 is 7.75 Å². The summed E-state index contributed by atoms with van der Waals surface area (Å²) in [5.74, 6) is -5.32. The number of aromatic hydroxyl groups is 1. The summed E-state index contributed by atoms with van der Waals surface area (Å²) in [5, 5.41) is 42.2. The van der Waals surface area contributed by atoms with Crippen LogP contribution in [0.25, 0.3) is 0 Å². The first-order valence-corrected chi connectivity index (χ1v) is 8.78. The summed E-state index contributed by atoms with van der Waals surface area (Å²) in [6, 6.07) is 5.50. The number of ketones is 1. The molecule has 0 heterocycles. The highest BCUT2D eigenvalue weighted by atomic mass is 31.2. The zero-order valence-corrected chi connectivity index (χ0v) is 14.0. The van der Waals surface area contributed by atoms with Crippen molar-refractivity contribution in [3.05, 3.63) is 52.9 Å². The van der Waals surface area contributed by atoms with E-state index in [0.29, 0.717) is 5.56 Å². The van der Waals surface area contributed by atoms with Gasteiger partial charge in [0.25, 0.3) is 0 Å². The Kier molecular flexibility index (Phi) is 5.08. The van der Waals surface area contributed by atoms with E-state index in [9.17, 15) is 29.8 Å². The molecule has 0 saturated carbocycles. The lowest BCUT2D eigenvalue weighted by atomic mass is 9.83. The minimum atomic E-state index is -4.86. The molecule has 2 rings (SSSR count). The average molecular weight is 371 g/mol. The van der Waals surface area contributed by atoms with E-state index in [2.05, 4.69) is 0 Å². The van der Waals surface area contributed by atoms with Crippen LogP contribution in [-0.2, 0) is 9.36 Å². The van der Waals surface area contributed by atoms with Crippen molar-refractivity contribution in [3.8, 4) is 5.75 Å². The van der Waals surface area contributed by atoms with Crippen molar-refractivity contribution in [2.45, 2.75) is 25.0 Å². The number of allylic oxidation sites excluding steroid dienone is 2. The fourth-order valence-corrected chi connectivity index (χ4v) is 3.13. The van der Waals surface area contributed by atoms with E-state index in [0.717, 1.165) is 6.08 Å². The van der Waals surface area contributed by atoms with Crippen molar-refractivity contribution in [2.75, 3.05) is 0 Å². The molecule has 0 aromatic heterocycles. The number of carbonyl (C=O) groups is 1. The molecule has 25 heavy (non-hydrogen) atoms. The summed E-state index contributed by atoms with van der Waals surface area (Å²) >= 11 is 0. The largest absolute Gasteiger partial charge is 0.508 e. The molecule has 1 atom stereocenters. The van der Waals surface area contributed by atoms with Crippen LogP contribution in [0.15, 0.2) is 47.4 Å². The van der Waals surface area contributed by atoms with E-state index >= 15 is 0 Å². The predicted molar refractivity (Wildman–Crippen MR) is 86.2 cm³/mol. The predicted octanol–water partition coefficient (Wildman–Crippen LogP) is 0.528. The second kappa shape index (κ2) is 6.62. The van der Waals surface area contributed by atoms with E-state index in [1.165, 1.54) is 31.2 Å². The second-order valence-electron chi connectivity index (χ2n) is 5.72. The van der Waals surface area contributed by atoms with Gasteiger partial charge in [-0.2, -0.15) is 0 Å². The van der Waals surface area contributed by atoms with Crippen molar-refractivity contribution in [3.63, 3.8) is 0 Å². The van der Waals surface area contributed by atoms with Crippen molar-refractivity contribution in [2.24, 2.45) is 0 Å². The average Bonchev–Trinajstić information content (AvgIpc) is 2.44. The highest BCUT2D eigenvalue weighted by molar-refractivity contribution is 7.49. The van der Waals surface area contributed by atoms with E-state index in [4.69, 9.17) is 9.79 Å². The maximum absolute atomic E-state index is 11.6. The van der Waals surface area contributed by atoms with Crippen molar-refractivity contribution in [1.82, 2.24) is 5.09 Å². The summed E-state index contributed by atoms with van der Waals surface area (Å²) in [6.07, 6.45) is 0.209. The zero-order valence-electron chi connectivity index (χ0n) is 13.1. The lowest BCUT2D eigenvalue weighted by molar-refractivity contribution is -0.145. The maximum Gasteiger partial charge on any atom is 0.427 e. The van der Waals surface area contributed by atoms with Crippen LogP contribution in [0.3, 0.4) is 0 Å². The van der Waals surface area contributed by atoms with Gasteiger partial charge in [-0.25, -0.2) is 4.57 Å². The van der Waals surface area contributed by atoms with Crippen molar-refractivity contribution >= 4 is 13.5 Å². The van der Waals surface area contributed by atoms with E-state index in [-0.39, 0.29) is 5.75 Å². The second-order valence-corrected chi connectivity index (χ2v) is 7.03. The van der Waals surface area contributed by atoms with Crippen LogP contribution in [0.2, 0.25) is 0 Å². The fraction of sp³-hybridized carbons (Fsp3) is 0.267. The first kappa shape index (κ1) is 19.2. The van der Waals surface area contributed by atoms with Crippen LogP contribution in [0.4, 0.5) is 0 Å². The van der Waals surface area contributed by atoms with Gasteiger partial charge in [-0.1, -0.05) is 19.1 Å². The summed E-state index contributed by atoms with van der Waals surface area (Å²) in [4.78, 5) is 29.7. The van der Waals surface area contributed by atoms with Crippen molar-refractivity contribution < 1.29 is 39.6 Å². The smallest absolute Gasteiger partial charge is 0.427 e. The van der Waals surface area contributed by atoms with Crippen LogP contribution < -0.4 is 5.09 Å². The number of aliphatic hydroxyl groups excluding tert-OH is 1. The molecule has 0 spiro atoms. The molecule has 1 aliphatic rings. The number of rotatable bonds is 5. The van der Waals surface area contributed by atoms with Crippen LogP contribution >= 0.6 is 7.75 Å². The third-order valence-electron chi connectivity index (χ3n) is 3.85. The van der Waals surface area contributed by atoms with Crippen LogP contribution in [0.1, 0.15) is 24.8 Å². The standard InChI is InChI=1S/C15H18NO8P/c1-8(9-2-4-10(17)5-3-9)15(20,21)14-12(16-25(22,23)24)6-11(18)7-13(14)19/h2-5,7-8,17,19-21H,6H2,1H3,(H3,16,22,23,24). The molecule has 0 bridgehead atoms. The highest BCUT2D eigenvalue weighted by Gasteiger charge is 2.43. The molecule has 1 aromatic carbocycles. The molecular weight excluding hydrogens is 353 g/mol. The van der Waals surface area contributed by atoms with Gasteiger partial charge in [-0.3, -0.25) is 9.88 Å². The van der Waals surface area contributed by atoms with Crippen LogP contribution in [-0.4, -0.2) is 41.8 Å². The van der Waals surface area contributed by atoms with E-state index in [1.807, 2.05) is 0 Å². The number of nitrogens with one attached hydrogen (secondary N) is 1. The Morgan fingerprint density at radius 1 is 1.16 bits per heavy atom. The first-order chi connectivity index (χ1) is 11.4. The summed E-state index contributed by atoms with van der Waals surface area (Å²) < 4.78 is 11.2. The first-order valence-electron chi connectivity index (χ1n) is 7.17. The Hall–Kier alpha value is -2.16. The third kappa shape index (κ3) is 4.28. The minimum absolute atomic E-state index is 0.0356. The SMILES string of the molecule is CC(c1ccc(O)cc1)C(O)(O)C1=C(NP(=O)(O)O)CC(=O)C=C1O. The van der Waals surface area contributed by atoms with Gasteiger partial charge in [-0.15, -0.1) is 0 Å². The lowest BCUT2D eigenvalue weighted by Crippen LogP contribution is -2.41. The molecule has 9 nitrogen and oxygen atoms in total. The molecule has 10 heteroatoms. The quantitative estimate of drug-likeness (QED) is 0.288. The minimum Gasteiger partial charge on any atom is -0.508 e. The number of phenols is 1. The van der Waals surface area contributed by atoms with Crippen LogP contribution in [0, 0.1) is 0 Å². The molecule has 0 saturated heterocycles. The van der Waals surface area contributed by atoms with Crippen molar-refractivity contribution in [1.29, 1.82) is 0 Å². The molecule has 0 aliphatic heterocycles. The molecule has 0 fully saturated rings. The molecule has 1 aromatic rings. The van der Waals surface area contributed by atoms with E-state index in [1.54, 1.807) is 5.09 Å².